The fourth-order valence-corrected chi connectivity index (χ4v) is 4.42. The van der Waals surface area contributed by atoms with Crippen LogP contribution in [0.2, 0.25) is 0 Å². The highest BCUT2D eigenvalue weighted by Gasteiger charge is 2.39. The summed E-state index contributed by atoms with van der Waals surface area (Å²) in [6.07, 6.45) is 0.963. The van der Waals surface area contributed by atoms with Crippen molar-refractivity contribution in [2.45, 2.75) is 50.7 Å². The van der Waals surface area contributed by atoms with Crippen LogP contribution in [0, 0.1) is 0 Å². The standard InChI is InChI=1S/C28H38O10/c1-5-6-10-36-28(32)24(16-31)37-27-22(34-3)13-18(14-23(27)35-4)25-20(15-30)19-11-17(8-7-9-29)12-21(33-2)26(19)38-25/h11-14,20,24-25,29-31H,5-10,15-16H2,1-4H3/t20-,24+,25+/m1/s1. The van der Waals surface area contributed by atoms with Crippen molar-refractivity contribution in [3.8, 4) is 28.7 Å². The van der Waals surface area contributed by atoms with Gasteiger partial charge in [-0.05, 0) is 43.0 Å². The van der Waals surface area contributed by atoms with E-state index in [4.69, 9.17) is 28.4 Å². The van der Waals surface area contributed by atoms with E-state index in [9.17, 15) is 20.1 Å². The average Bonchev–Trinajstić information content (AvgIpc) is 3.32. The Hall–Kier alpha value is -3.21. The first-order valence-electron chi connectivity index (χ1n) is 12.7. The van der Waals surface area contributed by atoms with Crippen molar-refractivity contribution in [2.24, 2.45) is 0 Å². The zero-order valence-corrected chi connectivity index (χ0v) is 22.4. The Balaban J connectivity index is 1.95. The molecule has 0 unspecified atom stereocenters. The molecule has 1 heterocycles. The van der Waals surface area contributed by atoms with Crippen LogP contribution in [0.5, 0.6) is 28.7 Å². The summed E-state index contributed by atoms with van der Waals surface area (Å²) in [5.41, 5.74) is 2.42. The van der Waals surface area contributed by atoms with Crippen molar-refractivity contribution < 1.29 is 48.5 Å². The van der Waals surface area contributed by atoms with Crippen molar-refractivity contribution >= 4 is 5.97 Å². The van der Waals surface area contributed by atoms with Crippen LogP contribution in [0.15, 0.2) is 24.3 Å². The third-order valence-electron chi connectivity index (χ3n) is 6.44. The Labute approximate surface area is 223 Å². The van der Waals surface area contributed by atoms with Crippen molar-refractivity contribution in [2.75, 3.05) is 47.8 Å². The summed E-state index contributed by atoms with van der Waals surface area (Å²) in [6, 6.07) is 7.22. The minimum Gasteiger partial charge on any atom is -0.493 e. The van der Waals surface area contributed by atoms with Crippen molar-refractivity contribution in [1.82, 2.24) is 0 Å². The van der Waals surface area contributed by atoms with Gasteiger partial charge < -0.3 is 43.7 Å². The highest BCUT2D eigenvalue weighted by Crippen LogP contribution is 2.52. The fourth-order valence-electron chi connectivity index (χ4n) is 4.42. The average molecular weight is 535 g/mol. The van der Waals surface area contributed by atoms with E-state index in [1.54, 1.807) is 19.2 Å². The summed E-state index contributed by atoms with van der Waals surface area (Å²) in [5.74, 6) is 0.628. The number of methoxy groups -OCH3 is 3. The number of ether oxygens (including phenoxy) is 6. The van der Waals surface area contributed by atoms with E-state index in [0.717, 1.165) is 17.5 Å². The van der Waals surface area contributed by atoms with Gasteiger partial charge in [0.05, 0.1) is 47.1 Å². The SMILES string of the molecule is CCCCOC(=O)[C@H](CO)Oc1c(OC)cc([C@@H]2Oc3c(OC)cc(CCCO)cc3[C@H]2CO)cc1OC. The van der Waals surface area contributed by atoms with Crippen LogP contribution >= 0.6 is 0 Å². The second kappa shape index (κ2) is 14.1. The van der Waals surface area contributed by atoms with Gasteiger partial charge in [-0.15, -0.1) is 0 Å². The minimum absolute atomic E-state index is 0.0730. The molecule has 0 saturated carbocycles. The molecule has 3 atom stereocenters. The summed E-state index contributed by atoms with van der Waals surface area (Å²) in [6.45, 7) is 1.50. The summed E-state index contributed by atoms with van der Waals surface area (Å²) >= 11 is 0. The Kier molecular flexibility index (Phi) is 10.9. The molecule has 10 heteroatoms. The third kappa shape index (κ3) is 6.43. The van der Waals surface area contributed by atoms with Gasteiger partial charge in [-0.1, -0.05) is 19.4 Å². The first-order chi connectivity index (χ1) is 18.5. The quantitative estimate of drug-likeness (QED) is 0.231. The Morgan fingerprint density at radius 3 is 2.21 bits per heavy atom. The molecule has 0 radical (unpaired) electrons. The number of benzene rings is 2. The molecule has 3 rings (SSSR count). The molecule has 0 bridgehead atoms. The van der Waals surface area contributed by atoms with E-state index >= 15 is 0 Å². The molecule has 2 aromatic rings. The van der Waals surface area contributed by atoms with E-state index in [2.05, 4.69) is 0 Å². The first-order valence-corrected chi connectivity index (χ1v) is 12.7. The molecule has 1 aliphatic heterocycles. The monoisotopic (exact) mass is 534 g/mol. The van der Waals surface area contributed by atoms with Gasteiger partial charge in [0.2, 0.25) is 11.9 Å². The van der Waals surface area contributed by atoms with Crippen LogP contribution in [0.3, 0.4) is 0 Å². The molecule has 0 aliphatic carbocycles. The lowest BCUT2D eigenvalue weighted by atomic mass is 9.90. The van der Waals surface area contributed by atoms with Gasteiger partial charge in [0.15, 0.2) is 23.0 Å². The Morgan fingerprint density at radius 1 is 0.974 bits per heavy atom. The molecule has 210 valence electrons. The number of rotatable bonds is 15. The lowest BCUT2D eigenvalue weighted by Gasteiger charge is -2.23. The molecule has 1 aliphatic rings. The van der Waals surface area contributed by atoms with Crippen molar-refractivity contribution in [3.05, 3.63) is 41.0 Å². The number of esters is 1. The molecule has 38 heavy (non-hydrogen) atoms. The van der Waals surface area contributed by atoms with E-state index in [0.29, 0.717) is 36.3 Å². The smallest absolute Gasteiger partial charge is 0.349 e. The number of carbonyl (C=O) groups excluding carboxylic acids is 1. The van der Waals surface area contributed by atoms with Crippen LogP contribution in [0.25, 0.3) is 0 Å². The zero-order chi connectivity index (χ0) is 27.7. The van der Waals surface area contributed by atoms with Crippen LogP contribution < -0.4 is 23.7 Å². The highest BCUT2D eigenvalue weighted by atomic mass is 16.6. The number of hydrogen-bond acceptors (Lipinski definition) is 10. The number of carbonyl (C=O) groups is 1. The van der Waals surface area contributed by atoms with Gasteiger partial charge in [0, 0.05) is 17.7 Å². The summed E-state index contributed by atoms with van der Waals surface area (Å²) in [7, 11) is 4.45. The maximum Gasteiger partial charge on any atom is 0.349 e. The summed E-state index contributed by atoms with van der Waals surface area (Å²) < 4.78 is 34.0. The van der Waals surface area contributed by atoms with E-state index in [1.165, 1.54) is 14.2 Å². The molecular weight excluding hydrogens is 496 g/mol. The number of unbranched alkanes of at least 4 members (excludes halogenated alkanes) is 1. The molecule has 3 N–H and O–H groups in total. The largest absolute Gasteiger partial charge is 0.493 e. The van der Waals surface area contributed by atoms with E-state index in [1.807, 2.05) is 19.1 Å². The topological polar surface area (TPSA) is 133 Å². The van der Waals surface area contributed by atoms with Crippen LogP contribution in [0.1, 0.15) is 54.9 Å². The van der Waals surface area contributed by atoms with Gasteiger partial charge in [-0.2, -0.15) is 0 Å². The second-order valence-corrected chi connectivity index (χ2v) is 8.94. The molecule has 2 aromatic carbocycles. The van der Waals surface area contributed by atoms with Crippen molar-refractivity contribution in [1.29, 1.82) is 0 Å². The molecule has 0 spiro atoms. The van der Waals surface area contributed by atoms with Crippen LogP contribution in [-0.4, -0.2) is 75.1 Å². The number of fused-ring (bicyclic) bond motifs is 1. The van der Waals surface area contributed by atoms with Gasteiger partial charge in [0.25, 0.3) is 0 Å². The molecule has 0 fully saturated rings. The Bertz CT molecular complexity index is 1040. The molecule has 0 saturated heterocycles. The van der Waals surface area contributed by atoms with Gasteiger partial charge in [-0.25, -0.2) is 4.79 Å². The van der Waals surface area contributed by atoms with Crippen molar-refractivity contribution in [3.63, 3.8) is 0 Å². The van der Waals surface area contributed by atoms with Gasteiger partial charge in [-0.3, -0.25) is 0 Å². The Morgan fingerprint density at radius 2 is 1.66 bits per heavy atom. The molecule has 0 amide bonds. The second-order valence-electron chi connectivity index (χ2n) is 8.94. The number of aliphatic hydroxyl groups excluding tert-OH is 3. The minimum atomic E-state index is -1.26. The predicted octanol–water partition coefficient (Wildman–Crippen LogP) is 2.93. The van der Waals surface area contributed by atoms with E-state index in [-0.39, 0.29) is 37.1 Å². The van der Waals surface area contributed by atoms with Crippen LogP contribution in [-0.2, 0) is 16.0 Å². The van der Waals surface area contributed by atoms with Crippen LogP contribution in [0.4, 0.5) is 0 Å². The lowest BCUT2D eigenvalue weighted by Crippen LogP contribution is -2.33. The lowest BCUT2D eigenvalue weighted by molar-refractivity contribution is -0.153. The highest BCUT2D eigenvalue weighted by molar-refractivity contribution is 5.75. The zero-order valence-electron chi connectivity index (χ0n) is 22.4. The van der Waals surface area contributed by atoms with E-state index < -0.39 is 30.7 Å². The maximum atomic E-state index is 12.4. The first kappa shape index (κ1) is 29.3. The third-order valence-corrected chi connectivity index (χ3v) is 6.44. The molecular formula is C28H38O10. The molecule has 0 aromatic heterocycles. The maximum absolute atomic E-state index is 12.4. The molecule has 10 nitrogen and oxygen atoms in total. The normalized spacial score (nSPS) is 16.8. The number of aryl methyl sites for hydroxylation is 1. The van der Waals surface area contributed by atoms with Gasteiger partial charge in [0.1, 0.15) is 6.10 Å². The summed E-state index contributed by atoms with van der Waals surface area (Å²) in [4.78, 5) is 12.4. The number of hydrogen-bond donors (Lipinski definition) is 3. The predicted molar refractivity (Wildman–Crippen MR) is 139 cm³/mol. The summed E-state index contributed by atoms with van der Waals surface area (Å²) in [5, 5.41) is 29.4. The van der Waals surface area contributed by atoms with Gasteiger partial charge >= 0.3 is 5.97 Å². The number of aliphatic hydroxyl groups is 3. The fraction of sp³-hybridized carbons (Fsp3) is 0.536.